The second kappa shape index (κ2) is 7.12. The summed E-state index contributed by atoms with van der Waals surface area (Å²) in [6, 6.07) is 3.02. The lowest BCUT2D eigenvalue weighted by Crippen LogP contribution is -2.43. The van der Waals surface area contributed by atoms with Crippen molar-refractivity contribution in [3.63, 3.8) is 0 Å². The van der Waals surface area contributed by atoms with Crippen LogP contribution in [0.1, 0.15) is 10.4 Å². The Balaban J connectivity index is 2.09. The van der Waals surface area contributed by atoms with Gasteiger partial charge in [0.1, 0.15) is 5.82 Å². The minimum Gasteiger partial charge on any atom is -0.379 e. The third-order valence-corrected chi connectivity index (χ3v) is 5.96. The Hall–Kier alpha value is -1.22. The summed E-state index contributed by atoms with van der Waals surface area (Å²) in [6.45, 7) is 0.432. The van der Waals surface area contributed by atoms with Crippen LogP contribution in [-0.2, 0) is 14.8 Å². The summed E-state index contributed by atoms with van der Waals surface area (Å²) in [5.74, 6) is -1.65. The molecule has 2 atom stereocenters. The summed E-state index contributed by atoms with van der Waals surface area (Å²) in [7, 11) is -0.515. The lowest BCUT2D eigenvalue weighted by Gasteiger charge is -2.21. The molecule has 1 aliphatic rings. The Morgan fingerprint density at radius 3 is 2.78 bits per heavy atom. The highest BCUT2D eigenvalue weighted by molar-refractivity contribution is 7.89. The van der Waals surface area contributed by atoms with Crippen molar-refractivity contribution in [2.75, 3.05) is 33.1 Å². The van der Waals surface area contributed by atoms with Gasteiger partial charge in [-0.2, -0.15) is 0 Å². The van der Waals surface area contributed by atoms with Crippen LogP contribution in [0, 0.1) is 11.7 Å². The molecule has 2 rings (SSSR count). The number of sulfonamides is 1. The number of ether oxygens (including phenoxy) is 1. The molecule has 0 saturated carbocycles. The first-order valence-corrected chi connectivity index (χ1v) is 8.93. The molecule has 128 valence electrons. The molecule has 0 unspecified atom stereocenters. The van der Waals surface area contributed by atoms with Gasteiger partial charge in [0.15, 0.2) is 0 Å². The number of carbonyl (C=O) groups excluding carboxylic acids is 1. The van der Waals surface area contributed by atoms with Crippen LogP contribution < -0.4 is 5.32 Å². The zero-order valence-corrected chi connectivity index (χ0v) is 14.3. The van der Waals surface area contributed by atoms with E-state index in [4.69, 9.17) is 16.3 Å². The van der Waals surface area contributed by atoms with Gasteiger partial charge in [-0.1, -0.05) is 11.6 Å². The van der Waals surface area contributed by atoms with Crippen molar-refractivity contribution in [1.82, 2.24) is 9.62 Å². The summed E-state index contributed by atoms with van der Waals surface area (Å²) in [5.41, 5.74) is 0.00721. The van der Waals surface area contributed by atoms with Crippen molar-refractivity contribution >= 4 is 27.5 Å². The van der Waals surface area contributed by atoms with E-state index in [0.717, 1.165) is 16.4 Å². The third kappa shape index (κ3) is 4.41. The predicted octanol–water partition coefficient (Wildman–Crippen LogP) is 1.12. The molecule has 6 nitrogen and oxygen atoms in total. The standard InChI is InChI=1S/C14H18ClFN2O4S/c1-18(2)23(20,21)8-9-6-22-7-13(9)17-14(19)11-5-10(16)3-4-12(11)15/h3-5,9,13H,6-8H2,1-2H3,(H,17,19)/t9-,13-/m0/s1. The maximum Gasteiger partial charge on any atom is 0.253 e. The Morgan fingerprint density at radius 1 is 1.43 bits per heavy atom. The molecule has 0 bridgehead atoms. The molecule has 1 fully saturated rings. The fourth-order valence-electron chi connectivity index (χ4n) is 2.26. The molecule has 1 aliphatic heterocycles. The Labute approximate surface area is 139 Å². The zero-order valence-electron chi connectivity index (χ0n) is 12.8. The summed E-state index contributed by atoms with van der Waals surface area (Å²) in [5, 5.41) is 2.80. The van der Waals surface area contributed by atoms with Crippen LogP contribution in [0.5, 0.6) is 0 Å². The number of hydrogen-bond donors (Lipinski definition) is 1. The molecule has 1 amide bonds. The SMILES string of the molecule is CN(C)S(=O)(=O)C[C@@H]1COC[C@@H]1NC(=O)c1cc(F)ccc1Cl. The molecule has 0 spiro atoms. The van der Waals surface area contributed by atoms with Gasteiger partial charge in [-0.25, -0.2) is 17.1 Å². The van der Waals surface area contributed by atoms with Gasteiger partial charge in [0, 0.05) is 20.0 Å². The average Bonchev–Trinajstić information content (AvgIpc) is 2.87. The van der Waals surface area contributed by atoms with Crippen LogP contribution in [0.2, 0.25) is 5.02 Å². The normalized spacial score (nSPS) is 21.6. The van der Waals surface area contributed by atoms with E-state index in [0.29, 0.717) is 0 Å². The van der Waals surface area contributed by atoms with Crippen LogP contribution >= 0.6 is 11.6 Å². The van der Waals surface area contributed by atoms with Crippen molar-refractivity contribution in [3.8, 4) is 0 Å². The Morgan fingerprint density at radius 2 is 2.13 bits per heavy atom. The first-order valence-electron chi connectivity index (χ1n) is 6.94. The van der Waals surface area contributed by atoms with Gasteiger partial charge in [0.2, 0.25) is 10.0 Å². The molecule has 0 radical (unpaired) electrons. The minimum absolute atomic E-state index is 0.00721. The summed E-state index contributed by atoms with van der Waals surface area (Å²) in [4.78, 5) is 12.2. The highest BCUT2D eigenvalue weighted by atomic mass is 35.5. The van der Waals surface area contributed by atoms with Gasteiger partial charge >= 0.3 is 0 Å². The van der Waals surface area contributed by atoms with Gasteiger partial charge in [-0.3, -0.25) is 4.79 Å². The van der Waals surface area contributed by atoms with Gasteiger partial charge in [-0.15, -0.1) is 0 Å². The minimum atomic E-state index is -3.41. The smallest absolute Gasteiger partial charge is 0.253 e. The number of benzene rings is 1. The molecule has 1 saturated heterocycles. The maximum atomic E-state index is 13.3. The quantitative estimate of drug-likeness (QED) is 0.849. The largest absolute Gasteiger partial charge is 0.379 e. The Bertz CT molecular complexity index is 696. The topological polar surface area (TPSA) is 75.7 Å². The van der Waals surface area contributed by atoms with Crippen molar-refractivity contribution in [3.05, 3.63) is 34.6 Å². The highest BCUT2D eigenvalue weighted by Crippen LogP contribution is 2.20. The van der Waals surface area contributed by atoms with Gasteiger partial charge in [0.25, 0.3) is 5.91 Å². The molecule has 1 aromatic carbocycles. The second-order valence-electron chi connectivity index (χ2n) is 5.56. The van der Waals surface area contributed by atoms with Gasteiger partial charge in [0.05, 0.1) is 35.6 Å². The monoisotopic (exact) mass is 364 g/mol. The van der Waals surface area contributed by atoms with Crippen molar-refractivity contribution in [2.24, 2.45) is 5.92 Å². The number of nitrogens with zero attached hydrogens (tertiary/aromatic N) is 1. The average molecular weight is 365 g/mol. The summed E-state index contributed by atoms with van der Waals surface area (Å²) >= 11 is 5.90. The van der Waals surface area contributed by atoms with E-state index >= 15 is 0 Å². The van der Waals surface area contributed by atoms with E-state index < -0.39 is 27.8 Å². The number of nitrogens with one attached hydrogen (secondary N) is 1. The molecule has 0 aromatic heterocycles. The Kier molecular flexibility index (Phi) is 5.61. The fraction of sp³-hybridized carbons (Fsp3) is 0.500. The molecule has 1 heterocycles. The summed E-state index contributed by atoms with van der Waals surface area (Å²) < 4.78 is 43.6. The number of hydrogen-bond acceptors (Lipinski definition) is 4. The zero-order chi connectivity index (χ0) is 17.2. The molecule has 23 heavy (non-hydrogen) atoms. The van der Waals surface area contributed by atoms with E-state index in [2.05, 4.69) is 5.32 Å². The predicted molar refractivity (Wildman–Crippen MR) is 84.4 cm³/mol. The molecule has 9 heteroatoms. The van der Waals surface area contributed by atoms with Crippen molar-refractivity contribution < 1.29 is 22.3 Å². The van der Waals surface area contributed by atoms with Crippen LogP contribution in [0.4, 0.5) is 4.39 Å². The van der Waals surface area contributed by atoms with E-state index in [-0.39, 0.29) is 35.5 Å². The molecule has 0 aliphatic carbocycles. The number of carbonyl (C=O) groups is 1. The van der Waals surface area contributed by atoms with Crippen LogP contribution in [0.25, 0.3) is 0 Å². The van der Waals surface area contributed by atoms with E-state index in [1.807, 2.05) is 0 Å². The lowest BCUT2D eigenvalue weighted by atomic mass is 10.1. The molecule has 1 N–H and O–H groups in total. The first-order chi connectivity index (χ1) is 10.7. The van der Waals surface area contributed by atoms with E-state index in [9.17, 15) is 17.6 Å². The molecular formula is C14H18ClFN2O4S. The third-order valence-electron chi connectivity index (χ3n) is 3.67. The number of amides is 1. The van der Waals surface area contributed by atoms with Crippen molar-refractivity contribution in [2.45, 2.75) is 6.04 Å². The maximum absolute atomic E-state index is 13.3. The summed E-state index contributed by atoms with van der Waals surface area (Å²) in [6.07, 6.45) is 0. The van der Waals surface area contributed by atoms with Crippen LogP contribution in [0.15, 0.2) is 18.2 Å². The number of rotatable bonds is 5. The highest BCUT2D eigenvalue weighted by Gasteiger charge is 2.34. The van der Waals surface area contributed by atoms with E-state index in [1.165, 1.54) is 20.2 Å². The second-order valence-corrected chi connectivity index (χ2v) is 8.20. The van der Waals surface area contributed by atoms with Gasteiger partial charge in [-0.05, 0) is 18.2 Å². The van der Waals surface area contributed by atoms with Crippen molar-refractivity contribution in [1.29, 1.82) is 0 Å². The lowest BCUT2D eigenvalue weighted by molar-refractivity contribution is 0.0925. The molecule has 1 aromatic rings. The fourth-order valence-corrected chi connectivity index (χ4v) is 3.63. The first kappa shape index (κ1) is 18.1. The van der Waals surface area contributed by atoms with Crippen LogP contribution in [-0.4, -0.2) is 57.7 Å². The van der Waals surface area contributed by atoms with Crippen LogP contribution in [0.3, 0.4) is 0 Å². The number of halogens is 2. The molecular weight excluding hydrogens is 347 g/mol. The van der Waals surface area contributed by atoms with E-state index in [1.54, 1.807) is 0 Å². The van der Waals surface area contributed by atoms with Gasteiger partial charge < -0.3 is 10.1 Å².